The smallest absolute Gasteiger partial charge is 0.383 e. The van der Waals surface area contributed by atoms with Crippen LogP contribution in [0.25, 0.3) is 0 Å². The van der Waals surface area contributed by atoms with Gasteiger partial charge in [-0.25, -0.2) is 0 Å². The molecule has 14 heavy (non-hydrogen) atoms. The Morgan fingerprint density at radius 3 is 2.50 bits per heavy atom. The highest BCUT2D eigenvalue weighted by Crippen LogP contribution is 2.15. The molecule has 0 aliphatic rings. The molecule has 1 atom stereocenters. The standard InChI is InChI=1S/C8H14ClF3O2/c1-13-5-7(9)3-2-4-14-6-8(10,11)12/h7H,2-6H2,1H3. The van der Waals surface area contributed by atoms with E-state index in [1.54, 1.807) is 0 Å². The van der Waals surface area contributed by atoms with Crippen molar-refractivity contribution in [3.8, 4) is 0 Å². The van der Waals surface area contributed by atoms with Gasteiger partial charge in [-0.05, 0) is 12.8 Å². The maximum absolute atomic E-state index is 11.6. The molecule has 0 amide bonds. The highest BCUT2D eigenvalue weighted by Gasteiger charge is 2.27. The van der Waals surface area contributed by atoms with Gasteiger partial charge in [0.05, 0.1) is 12.0 Å². The lowest BCUT2D eigenvalue weighted by Crippen LogP contribution is -2.18. The minimum atomic E-state index is -4.24. The summed E-state index contributed by atoms with van der Waals surface area (Å²) in [6.45, 7) is -0.711. The van der Waals surface area contributed by atoms with Gasteiger partial charge in [0, 0.05) is 13.7 Å². The van der Waals surface area contributed by atoms with Gasteiger partial charge in [0.1, 0.15) is 6.61 Å². The van der Waals surface area contributed by atoms with Crippen LogP contribution in [0.2, 0.25) is 0 Å². The van der Waals surface area contributed by atoms with Gasteiger partial charge in [-0.3, -0.25) is 0 Å². The fourth-order valence-corrected chi connectivity index (χ4v) is 1.14. The number of alkyl halides is 4. The summed E-state index contributed by atoms with van der Waals surface area (Å²) in [7, 11) is 1.52. The van der Waals surface area contributed by atoms with Crippen LogP contribution in [0, 0.1) is 0 Å². The Morgan fingerprint density at radius 1 is 1.36 bits per heavy atom. The van der Waals surface area contributed by atoms with Gasteiger partial charge in [0.15, 0.2) is 0 Å². The van der Waals surface area contributed by atoms with Gasteiger partial charge in [0.2, 0.25) is 0 Å². The first-order chi connectivity index (χ1) is 6.45. The molecule has 0 rings (SSSR count). The van der Waals surface area contributed by atoms with Crippen molar-refractivity contribution in [1.82, 2.24) is 0 Å². The molecule has 1 unspecified atom stereocenters. The lowest BCUT2D eigenvalue weighted by atomic mass is 10.2. The monoisotopic (exact) mass is 234 g/mol. The molecule has 0 spiro atoms. The van der Waals surface area contributed by atoms with Gasteiger partial charge in [-0.2, -0.15) is 13.2 Å². The van der Waals surface area contributed by atoms with Crippen LogP contribution in [-0.4, -0.2) is 38.5 Å². The zero-order valence-electron chi connectivity index (χ0n) is 7.94. The van der Waals surface area contributed by atoms with Gasteiger partial charge in [-0.1, -0.05) is 0 Å². The molecule has 0 saturated carbocycles. The summed E-state index contributed by atoms with van der Waals surface area (Å²) in [5.41, 5.74) is 0. The number of ether oxygens (including phenoxy) is 2. The predicted octanol–water partition coefficient (Wildman–Crippen LogP) is 2.60. The molecule has 0 aliphatic heterocycles. The topological polar surface area (TPSA) is 18.5 Å². The van der Waals surface area contributed by atoms with E-state index in [1.807, 2.05) is 0 Å². The molecule has 0 aromatic rings. The second-order valence-corrected chi connectivity index (χ2v) is 3.48. The molecule has 0 aliphatic carbocycles. The molecule has 0 bridgehead atoms. The molecule has 6 heteroatoms. The van der Waals surface area contributed by atoms with E-state index in [4.69, 9.17) is 16.3 Å². The summed E-state index contributed by atoms with van der Waals surface area (Å²) < 4.78 is 43.9. The van der Waals surface area contributed by atoms with Crippen LogP contribution in [0.3, 0.4) is 0 Å². The van der Waals surface area contributed by atoms with E-state index in [2.05, 4.69) is 4.74 Å². The average molecular weight is 235 g/mol. The minimum Gasteiger partial charge on any atom is -0.383 e. The SMILES string of the molecule is COCC(Cl)CCCOCC(F)(F)F. The van der Waals surface area contributed by atoms with Gasteiger partial charge in [-0.15, -0.1) is 11.6 Å². The molecule has 86 valence electrons. The van der Waals surface area contributed by atoms with Gasteiger partial charge < -0.3 is 9.47 Å². The first-order valence-corrected chi connectivity index (χ1v) is 4.67. The predicted molar refractivity (Wildman–Crippen MR) is 47.6 cm³/mol. The van der Waals surface area contributed by atoms with Crippen molar-refractivity contribution in [2.45, 2.75) is 24.4 Å². The number of halogens is 4. The zero-order chi connectivity index (χ0) is 11.0. The van der Waals surface area contributed by atoms with Crippen LogP contribution in [0.1, 0.15) is 12.8 Å². The third-order valence-corrected chi connectivity index (χ3v) is 1.76. The van der Waals surface area contributed by atoms with E-state index in [0.717, 1.165) is 0 Å². The van der Waals surface area contributed by atoms with Crippen molar-refractivity contribution in [1.29, 1.82) is 0 Å². The number of rotatable bonds is 7. The lowest BCUT2D eigenvalue weighted by Gasteiger charge is -2.09. The molecule has 0 heterocycles. The van der Waals surface area contributed by atoms with Crippen molar-refractivity contribution in [3.63, 3.8) is 0 Å². The number of methoxy groups -OCH3 is 1. The van der Waals surface area contributed by atoms with Gasteiger partial charge >= 0.3 is 6.18 Å². The Kier molecular flexibility index (Phi) is 7.31. The Hall–Kier alpha value is -0.0000000000000000555. The third kappa shape index (κ3) is 10.1. The van der Waals surface area contributed by atoms with E-state index in [0.29, 0.717) is 19.4 Å². The Balaban J connectivity index is 3.21. The highest BCUT2D eigenvalue weighted by molar-refractivity contribution is 6.20. The molecular formula is C8H14ClF3O2. The van der Waals surface area contributed by atoms with Crippen LogP contribution in [0.15, 0.2) is 0 Å². The van der Waals surface area contributed by atoms with E-state index in [-0.39, 0.29) is 12.0 Å². The minimum absolute atomic E-state index is 0.0758. The van der Waals surface area contributed by atoms with E-state index in [1.165, 1.54) is 7.11 Å². The Morgan fingerprint density at radius 2 is 2.00 bits per heavy atom. The fourth-order valence-electron chi connectivity index (χ4n) is 0.859. The van der Waals surface area contributed by atoms with Crippen LogP contribution < -0.4 is 0 Å². The highest BCUT2D eigenvalue weighted by atomic mass is 35.5. The summed E-state index contributed by atoms with van der Waals surface area (Å²) in [4.78, 5) is 0. The second-order valence-electron chi connectivity index (χ2n) is 2.86. The maximum atomic E-state index is 11.6. The third-order valence-electron chi connectivity index (χ3n) is 1.42. The van der Waals surface area contributed by atoms with Crippen LogP contribution in [0.4, 0.5) is 13.2 Å². The second kappa shape index (κ2) is 7.31. The lowest BCUT2D eigenvalue weighted by molar-refractivity contribution is -0.174. The van der Waals surface area contributed by atoms with Crippen molar-refractivity contribution < 1.29 is 22.6 Å². The molecule has 0 aromatic carbocycles. The van der Waals surface area contributed by atoms with E-state index >= 15 is 0 Å². The maximum Gasteiger partial charge on any atom is 0.411 e. The molecule has 2 nitrogen and oxygen atoms in total. The van der Waals surface area contributed by atoms with Crippen molar-refractivity contribution in [2.24, 2.45) is 0 Å². The Labute approximate surface area is 86.3 Å². The summed E-state index contributed by atoms with van der Waals surface area (Å²) >= 11 is 5.75. The summed E-state index contributed by atoms with van der Waals surface area (Å²) in [5, 5.41) is -0.158. The molecule has 0 radical (unpaired) electrons. The quantitative estimate of drug-likeness (QED) is 0.498. The van der Waals surface area contributed by atoms with Crippen molar-refractivity contribution in [3.05, 3.63) is 0 Å². The van der Waals surface area contributed by atoms with Crippen LogP contribution in [-0.2, 0) is 9.47 Å². The van der Waals surface area contributed by atoms with Crippen LogP contribution >= 0.6 is 11.6 Å². The first-order valence-electron chi connectivity index (χ1n) is 4.23. The Bertz CT molecular complexity index is 141. The summed E-state index contributed by atoms with van der Waals surface area (Å²) in [6.07, 6.45) is -3.15. The molecule has 0 fully saturated rings. The first kappa shape index (κ1) is 14.0. The summed E-state index contributed by atoms with van der Waals surface area (Å²) in [5.74, 6) is 0. The van der Waals surface area contributed by atoms with Crippen molar-refractivity contribution >= 4 is 11.6 Å². The van der Waals surface area contributed by atoms with Crippen molar-refractivity contribution in [2.75, 3.05) is 26.9 Å². The van der Waals surface area contributed by atoms with E-state index in [9.17, 15) is 13.2 Å². The molecule has 0 aromatic heterocycles. The normalized spacial score (nSPS) is 14.4. The largest absolute Gasteiger partial charge is 0.411 e. The van der Waals surface area contributed by atoms with Gasteiger partial charge in [0.25, 0.3) is 0 Å². The molecular weight excluding hydrogens is 221 g/mol. The number of hydrogen-bond acceptors (Lipinski definition) is 2. The average Bonchev–Trinajstić information content (AvgIpc) is 2.02. The zero-order valence-corrected chi connectivity index (χ0v) is 8.70. The number of hydrogen-bond donors (Lipinski definition) is 0. The molecule has 0 saturated heterocycles. The fraction of sp³-hybridized carbons (Fsp3) is 1.00. The van der Waals surface area contributed by atoms with Crippen LogP contribution in [0.5, 0.6) is 0 Å². The molecule has 0 N–H and O–H groups in total. The summed E-state index contributed by atoms with van der Waals surface area (Å²) in [6, 6.07) is 0. The van der Waals surface area contributed by atoms with E-state index < -0.39 is 12.8 Å².